The zero-order chi connectivity index (χ0) is 14.7. The van der Waals surface area contributed by atoms with Crippen molar-refractivity contribution in [2.75, 3.05) is 0 Å². The largest absolute Gasteiger partial charge is 0.352 e. The quantitative estimate of drug-likeness (QED) is 0.820. The predicted octanol–water partition coefficient (Wildman–Crippen LogP) is 3.89. The van der Waals surface area contributed by atoms with Crippen LogP contribution in [0.15, 0.2) is 30.3 Å². The van der Waals surface area contributed by atoms with E-state index in [9.17, 15) is 4.79 Å². The normalized spacial score (nSPS) is 12.6. The first-order chi connectivity index (χ1) is 8.62. The van der Waals surface area contributed by atoms with Crippen LogP contribution < -0.4 is 5.32 Å². The van der Waals surface area contributed by atoms with Gasteiger partial charge in [0.25, 0.3) is 0 Å². The topological polar surface area (TPSA) is 29.1 Å². The van der Waals surface area contributed by atoms with Crippen LogP contribution in [0.25, 0.3) is 0 Å². The third kappa shape index (κ3) is 4.95. The molecule has 0 unspecified atom stereocenters. The number of benzene rings is 1. The molecular formula is C15H27NOSi2. The summed E-state index contributed by atoms with van der Waals surface area (Å²) in [4.78, 5) is 12.6. The minimum Gasteiger partial charge on any atom is -0.352 e. The lowest BCUT2D eigenvalue weighted by Gasteiger charge is -2.37. The zero-order valence-electron chi connectivity index (χ0n) is 13.1. The lowest BCUT2D eigenvalue weighted by Crippen LogP contribution is -2.51. The van der Waals surface area contributed by atoms with E-state index in [1.54, 1.807) is 0 Å². The Kier molecular flexibility index (Phi) is 5.15. The van der Waals surface area contributed by atoms with Gasteiger partial charge in [0.1, 0.15) is 0 Å². The molecule has 0 aromatic heterocycles. The summed E-state index contributed by atoms with van der Waals surface area (Å²) < 4.78 is 0. The lowest BCUT2D eigenvalue weighted by atomic mass is 10.2. The Balaban J connectivity index is 2.74. The van der Waals surface area contributed by atoms with Gasteiger partial charge in [-0.05, 0) is 5.56 Å². The van der Waals surface area contributed by atoms with E-state index in [1.807, 2.05) is 18.2 Å². The molecule has 1 N–H and O–H groups in total. The van der Waals surface area contributed by atoms with Crippen molar-refractivity contribution in [2.45, 2.75) is 51.0 Å². The molecule has 2 nitrogen and oxygen atoms in total. The van der Waals surface area contributed by atoms with Crippen LogP contribution in [0.4, 0.5) is 0 Å². The third-order valence-electron chi connectivity index (χ3n) is 3.30. The second kappa shape index (κ2) is 6.05. The summed E-state index contributed by atoms with van der Waals surface area (Å²) in [6.07, 6.45) is 0. The van der Waals surface area contributed by atoms with Crippen LogP contribution in [0.3, 0.4) is 0 Å². The zero-order valence-corrected chi connectivity index (χ0v) is 15.1. The maximum Gasteiger partial charge on any atom is 0.217 e. The molecule has 106 valence electrons. The van der Waals surface area contributed by atoms with Gasteiger partial charge in [0.2, 0.25) is 5.91 Å². The molecule has 0 saturated heterocycles. The number of carbonyl (C=O) groups is 1. The Hall–Kier alpha value is -0.876. The SMILES string of the molecule is C[Si](C)(C)C(C(=O)NCc1ccccc1)[Si](C)(C)C. The first-order valence-corrected chi connectivity index (χ1v) is 14.1. The lowest BCUT2D eigenvalue weighted by molar-refractivity contribution is -0.120. The van der Waals surface area contributed by atoms with Gasteiger partial charge in [-0.2, -0.15) is 0 Å². The van der Waals surface area contributed by atoms with Gasteiger partial charge in [-0.25, -0.2) is 0 Å². The van der Waals surface area contributed by atoms with Crippen LogP contribution in [-0.4, -0.2) is 22.1 Å². The predicted molar refractivity (Wildman–Crippen MR) is 88.7 cm³/mol. The van der Waals surface area contributed by atoms with Gasteiger partial charge in [0.15, 0.2) is 0 Å². The number of hydrogen-bond acceptors (Lipinski definition) is 1. The first-order valence-electron chi connectivity index (χ1n) is 6.94. The fourth-order valence-electron chi connectivity index (χ4n) is 2.97. The molecule has 0 radical (unpaired) electrons. The van der Waals surface area contributed by atoms with Crippen molar-refractivity contribution in [1.82, 2.24) is 5.32 Å². The second-order valence-electron chi connectivity index (χ2n) is 7.37. The molecule has 0 saturated carbocycles. The van der Waals surface area contributed by atoms with Gasteiger partial charge >= 0.3 is 0 Å². The Morgan fingerprint density at radius 3 is 1.89 bits per heavy atom. The van der Waals surface area contributed by atoms with Gasteiger partial charge in [-0.15, -0.1) is 0 Å². The highest BCUT2D eigenvalue weighted by Gasteiger charge is 2.42. The monoisotopic (exact) mass is 293 g/mol. The summed E-state index contributed by atoms with van der Waals surface area (Å²) in [6, 6.07) is 10.1. The van der Waals surface area contributed by atoms with Crippen LogP contribution in [0.1, 0.15) is 5.56 Å². The fraction of sp³-hybridized carbons (Fsp3) is 0.533. The van der Waals surface area contributed by atoms with E-state index in [1.165, 1.54) is 5.56 Å². The van der Waals surface area contributed by atoms with Gasteiger partial charge in [0, 0.05) is 11.7 Å². The fourth-order valence-corrected chi connectivity index (χ4v) is 15.1. The maximum atomic E-state index is 12.6. The van der Waals surface area contributed by atoms with Crippen LogP contribution in [-0.2, 0) is 11.3 Å². The van der Waals surface area contributed by atoms with Gasteiger partial charge in [0.05, 0.1) is 16.1 Å². The average Bonchev–Trinajstić information content (AvgIpc) is 2.24. The van der Waals surface area contributed by atoms with Crippen molar-refractivity contribution in [3.05, 3.63) is 35.9 Å². The second-order valence-corrected chi connectivity index (χ2v) is 18.6. The summed E-state index contributed by atoms with van der Waals surface area (Å²) in [6.45, 7) is 14.5. The molecule has 0 aliphatic heterocycles. The first kappa shape index (κ1) is 16.2. The van der Waals surface area contributed by atoms with Crippen molar-refractivity contribution in [1.29, 1.82) is 0 Å². The standard InChI is InChI=1S/C15H27NOSi2/c1-18(2,3)15(19(4,5)6)14(17)16-12-13-10-8-7-9-11-13/h7-11,15H,12H2,1-6H3,(H,16,17). The summed E-state index contributed by atoms with van der Waals surface area (Å²) >= 11 is 0. The van der Waals surface area contributed by atoms with Crippen LogP contribution in [0.5, 0.6) is 0 Å². The average molecular weight is 294 g/mol. The number of carbonyl (C=O) groups excluding carboxylic acids is 1. The molecule has 0 aliphatic carbocycles. The van der Waals surface area contributed by atoms with Crippen LogP contribution >= 0.6 is 0 Å². The molecule has 1 aromatic carbocycles. The highest BCUT2D eigenvalue weighted by Crippen LogP contribution is 2.32. The van der Waals surface area contributed by atoms with Crippen LogP contribution in [0.2, 0.25) is 44.4 Å². The maximum absolute atomic E-state index is 12.6. The minimum absolute atomic E-state index is 0.266. The van der Waals surface area contributed by atoms with Crippen molar-refractivity contribution in [2.24, 2.45) is 0 Å². The van der Waals surface area contributed by atoms with E-state index < -0.39 is 16.1 Å². The summed E-state index contributed by atoms with van der Waals surface area (Å²) in [5.74, 6) is 0.266. The van der Waals surface area contributed by atoms with Crippen molar-refractivity contribution in [3.8, 4) is 0 Å². The van der Waals surface area contributed by atoms with E-state index in [4.69, 9.17) is 0 Å². The summed E-state index contributed by atoms with van der Waals surface area (Å²) in [7, 11) is -2.95. The molecule has 19 heavy (non-hydrogen) atoms. The molecule has 1 rings (SSSR count). The van der Waals surface area contributed by atoms with E-state index in [0.717, 1.165) is 0 Å². The number of hydrogen-bond donors (Lipinski definition) is 1. The number of rotatable bonds is 5. The molecule has 4 heteroatoms. The smallest absolute Gasteiger partial charge is 0.217 e. The number of amides is 1. The Morgan fingerprint density at radius 1 is 1.00 bits per heavy atom. The van der Waals surface area contributed by atoms with Crippen molar-refractivity contribution >= 4 is 22.1 Å². The molecule has 0 aliphatic rings. The van der Waals surface area contributed by atoms with Crippen molar-refractivity contribution in [3.63, 3.8) is 0 Å². The highest BCUT2D eigenvalue weighted by atomic mass is 28.4. The molecular weight excluding hydrogens is 266 g/mol. The summed E-state index contributed by atoms with van der Waals surface area (Å²) in [5, 5.41) is 3.41. The molecule has 0 bridgehead atoms. The van der Waals surface area contributed by atoms with E-state index in [2.05, 4.69) is 56.7 Å². The highest BCUT2D eigenvalue weighted by molar-refractivity contribution is 7.00. The van der Waals surface area contributed by atoms with Crippen molar-refractivity contribution < 1.29 is 4.79 Å². The van der Waals surface area contributed by atoms with E-state index in [-0.39, 0.29) is 11.1 Å². The Morgan fingerprint density at radius 2 is 1.47 bits per heavy atom. The van der Waals surface area contributed by atoms with Crippen LogP contribution in [0, 0.1) is 0 Å². The number of nitrogens with one attached hydrogen (secondary N) is 1. The third-order valence-corrected chi connectivity index (χ3v) is 12.5. The Labute approximate surface area is 119 Å². The molecule has 1 amide bonds. The molecule has 0 heterocycles. The van der Waals surface area contributed by atoms with E-state index >= 15 is 0 Å². The Bertz CT molecular complexity index is 404. The minimum atomic E-state index is -1.47. The van der Waals surface area contributed by atoms with Gasteiger partial charge in [-0.3, -0.25) is 4.79 Å². The van der Waals surface area contributed by atoms with Gasteiger partial charge < -0.3 is 5.32 Å². The molecule has 0 spiro atoms. The van der Waals surface area contributed by atoms with E-state index in [0.29, 0.717) is 6.54 Å². The molecule has 1 aromatic rings. The van der Waals surface area contributed by atoms with Gasteiger partial charge in [-0.1, -0.05) is 69.6 Å². The molecule has 0 atom stereocenters. The molecule has 0 fully saturated rings. The summed E-state index contributed by atoms with van der Waals surface area (Å²) in [5.41, 5.74) is 1.17.